The van der Waals surface area contributed by atoms with Gasteiger partial charge in [0.25, 0.3) is 0 Å². The van der Waals surface area contributed by atoms with Crippen molar-refractivity contribution in [3.63, 3.8) is 0 Å². The lowest BCUT2D eigenvalue weighted by atomic mass is 10.1. The Morgan fingerprint density at radius 2 is 0.619 bits per heavy atom. The third-order valence-electron chi connectivity index (χ3n) is 4.37. The highest BCUT2D eigenvalue weighted by Crippen LogP contribution is 2.39. The Balaban J connectivity index is 2.49. The molecule has 0 saturated heterocycles. The number of hydrogen-bond donors (Lipinski definition) is 0. The first kappa shape index (κ1) is 31.9. The zero-order chi connectivity index (χ0) is 30.7. The predicted octanol–water partition coefficient (Wildman–Crippen LogP) is 5.16. The fraction of sp³-hybridized carbons (Fsp3) is 0. The molecule has 0 aliphatic carbocycles. The van der Waals surface area contributed by atoms with E-state index >= 15 is 0 Å². The number of fused-ring (bicyclic) bond motifs is 1. The second-order valence-electron chi connectivity index (χ2n) is 7.07. The number of benzene rings is 2. The normalized spacial score (nSPS) is 10.8. The molecule has 0 heterocycles. The van der Waals surface area contributed by atoms with Crippen molar-refractivity contribution in [3.05, 3.63) is 125 Å². The molecule has 0 saturated carbocycles. The van der Waals surface area contributed by atoms with Gasteiger partial charge in [-0.25, -0.2) is 19.2 Å². The van der Waals surface area contributed by atoms with Gasteiger partial charge in [-0.1, -0.05) is 26.3 Å². The summed E-state index contributed by atoms with van der Waals surface area (Å²) in [5.41, 5.74) is 0. The minimum absolute atomic E-state index is 0.138. The predicted molar refractivity (Wildman–Crippen MR) is 148 cm³/mol. The summed E-state index contributed by atoms with van der Waals surface area (Å²) in [4.78, 5) is 45.1. The molecule has 0 atom stereocenters. The average Bonchev–Trinajstić information content (AvgIpc) is 3.00. The Morgan fingerprint density at radius 1 is 0.405 bits per heavy atom. The van der Waals surface area contributed by atoms with Crippen molar-refractivity contribution in [1.82, 2.24) is 0 Å². The number of carbonyl (C=O) groups excluding carboxylic acids is 4. The van der Waals surface area contributed by atoms with Crippen molar-refractivity contribution in [2.45, 2.75) is 0 Å². The largest absolute Gasteiger partial charge is 0.458 e. The van der Waals surface area contributed by atoms with Crippen LogP contribution in [0.2, 0.25) is 0 Å². The molecule has 2 rings (SSSR count). The lowest BCUT2D eigenvalue weighted by molar-refractivity contribution is -0.133. The second-order valence-corrected chi connectivity index (χ2v) is 7.07. The van der Waals surface area contributed by atoms with E-state index in [0.29, 0.717) is 10.8 Å². The lowest BCUT2D eigenvalue weighted by Crippen LogP contribution is -1.96. The van der Waals surface area contributed by atoms with Crippen LogP contribution in [0.15, 0.2) is 125 Å². The van der Waals surface area contributed by atoms with Gasteiger partial charge in [0, 0.05) is 24.3 Å². The van der Waals surface area contributed by atoms with Crippen LogP contribution in [0.25, 0.3) is 10.8 Å². The van der Waals surface area contributed by atoms with Crippen molar-refractivity contribution in [2.24, 2.45) is 0 Å². The highest BCUT2D eigenvalue weighted by atomic mass is 16.6. The zero-order valence-electron chi connectivity index (χ0n) is 22.0. The Kier molecular flexibility index (Phi) is 13.2. The molecule has 0 radical (unpaired) electrons. The summed E-state index contributed by atoms with van der Waals surface area (Å²) in [7, 11) is 0. The van der Waals surface area contributed by atoms with Gasteiger partial charge >= 0.3 is 23.9 Å². The van der Waals surface area contributed by atoms with Crippen molar-refractivity contribution in [2.75, 3.05) is 0 Å². The van der Waals surface area contributed by atoms with Crippen LogP contribution < -0.4 is 18.9 Å². The molecule has 0 fully saturated rings. The monoisotopic (exact) mass is 576 g/mol. The summed E-state index contributed by atoms with van der Waals surface area (Å²) in [5, 5.41) is 1.08. The Labute approximate surface area is 239 Å². The second kappa shape index (κ2) is 17.3. The fourth-order valence-corrected chi connectivity index (χ4v) is 2.61. The quantitative estimate of drug-likeness (QED) is 0.113. The van der Waals surface area contributed by atoms with Crippen LogP contribution in [0.5, 0.6) is 23.0 Å². The smallest absolute Gasteiger partial charge is 0.335 e. The summed E-state index contributed by atoms with van der Waals surface area (Å²) in [5.74, 6) is -2.26. The molecule has 0 N–H and O–H groups in total. The molecule has 12 heteroatoms. The van der Waals surface area contributed by atoms with E-state index < -0.39 is 23.9 Å². The first-order chi connectivity index (χ1) is 20.3. The van der Waals surface area contributed by atoms with Gasteiger partial charge in [-0.3, -0.25) is 0 Å². The third kappa shape index (κ3) is 10.8. The van der Waals surface area contributed by atoms with Gasteiger partial charge in [-0.05, 0) is 35.0 Å². The van der Waals surface area contributed by atoms with E-state index in [0.717, 1.165) is 74.4 Å². The van der Waals surface area contributed by atoms with Gasteiger partial charge in [-0.2, -0.15) is 0 Å². The molecule has 216 valence electrons. The molecule has 0 spiro atoms. The summed E-state index contributed by atoms with van der Waals surface area (Å²) in [6.45, 7) is 13.2. The van der Waals surface area contributed by atoms with Crippen LogP contribution >= 0.6 is 0 Å². The van der Waals surface area contributed by atoms with E-state index in [9.17, 15) is 19.2 Å². The third-order valence-corrected chi connectivity index (χ3v) is 4.37. The summed E-state index contributed by atoms with van der Waals surface area (Å²) < 4.78 is 41.2. The molecule has 0 bridgehead atoms. The minimum Gasteiger partial charge on any atom is -0.458 e. The molecular formula is C30H24O12. The van der Waals surface area contributed by atoms with Crippen LogP contribution in [-0.2, 0) is 38.1 Å². The highest BCUT2D eigenvalue weighted by molar-refractivity contribution is 5.89. The number of rotatable bonds is 16. The van der Waals surface area contributed by atoms with E-state index in [1.54, 1.807) is 24.3 Å². The standard InChI is InChI=1S/C30H24O12/c1-5-27(31)39-13-9-35-23-17-21-19-25(37-11-15-41-29(33)7-3)26(38-12-16-42-30(34)8-4)20-22(21)18-24(23)36-10-14-40-28(32)6-2/h5-20H,1-4H2/b13-9-,14-10-,15-11-,16-12-. The molecule has 0 aliphatic heterocycles. The van der Waals surface area contributed by atoms with E-state index in [2.05, 4.69) is 26.3 Å². The van der Waals surface area contributed by atoms with Gasteiger partial charge in [0.1, 0.15) is 50.1 Å². The van der Waals surface area contributed by atoms with Crippen LogP contribution in [0.3, 0.4) is 0 Å². The van der Waals surface area contributed by atoms with Crippen LogP contribution in [0.1, 0.15) is 0 Å². The van der Waals surface area contributed by atoms with Gasteiger partial charge in [0.15, 0.2) is 23.0 Å². The maximum absolute atomic E-state index is 11.3. The van der Waals surface area contributed by atoms with Crippen molar-refractivity contribution in [3.8, 4) is 23.0 Å². The molecule has 0 aliphatic rings. The Bertz CT molecular complexity index is 1260. The SMILES string of the molecule is C=CC(=O)O/C=C\Oc1cc2cc(O/C=C\OC(=O)C=C)c(O/C=C\OC(=O)C=C)cc2cc1O/C=C\OC(=O)C=C. The number of esters is 4. The van der Waals surface area contributed by atoms with Gasteiger partial charge in [0.05, 0.1) is 0 Å². The molecule has 42 heavy (non-hydrogen) atoms. The van der Waals surface area contributed by atoms with Crippen molar-refractivity contribution in [1.29, 1.82) is 0 Å². The molecule has 2 aromatic rings. The highest BCUT2D eigenvalue weighted by Gasteiger charge is 2.13. The summed E-state index contributed by atoms with van der Waals surface area (Å²) in [6, 6.07) is 6.20. The topological polar surface area (TPSA) is 142 Å². The van der Waals surface area contributed by atoms with E-state index in [1.165, 1.54) is 0 Å². The maximum atomic E-state index is 11.3. The molecule has 2 aromatic carbocycles. The van der Waals surface area contributed by atoms with Crippen molar-refractivity contribution < 1.29 is 57.1 Å². The fourth-order valence-electron chi connectivity index (χ4n) is 2.61. The Morgan fingerprint density at radius 3 is 0.810 bits per heavy atom. The van der Waals surface area contributed by atoms with E-state index in [1.807, 2.05) is 0 Å². The van der Waals surface area contributed by atoms with Crippen LogP contribution in [0, 0.1) is 0 Å². The van der Waals surface area contributed by atoms with E-state index in [4.69, 9.17) is 37.9 Å². The molecular weight excluding hydrogens is 552 g/mol. The molecule has 0 unspecified atom stereocenters. The van der Waals surface area contributed by atoms with Crippen LogP contribution in [-0.4, -0.2) is 23.9 Å². The van der Waals surface area contributed by atoms with Gasteiger partial charge < -0.3 is 37.9 Å². The average molecular weight is 577 g/mol. The molecule has 0 amide bonds. The molecule has 0 aromatic heterocycles. The molecule has 12 nitrogen and oxygen atoms in total. The maximum Gasteiger partial charge on any atom is 0.335 e. The minimum atomic E-state index is -0.703. The Hall–Kier alpha value is -6.30. The number of carbonyl (C=O) groups is 4. The van der Waals surface area contributed by atoms with Crippen molar-refractivity contribution >= 4 is 34.6 Å². The number of hydrogen-bond acceptors (Lipinski definition) is 12. The lowest BCUT2D eigenvalue weighted by Gasteiger charge is -2.13. The summed E-state index contributed by atoms with van der Waals surface area (Å²) >= 11 is 0. The van der Waals surface area contributed by atoms with Crippen LogP contribution in [0.4, 0.5) is 0 Å². The first-order valence-electron chi connectivity index (χ1n) is 11.5. The zero-order valence-corrected chi connectivity index (χ0v) is 22.0. The van der Waals surface area contributed by atoms with Gasteiger partial charge in [-0.15, -0.1) is 0 Å². The van der Waals surface area contributed by atoms with Gasteiger partial charge in [0.2, 0.25) is 0 Å². The first-order valence-corrected chi connectivity index (χ1v) is 11.5. The number of ether oxygens (including phenoxy) is 8. The van der Waals surface area contributed by atoms with E-state index in [-0.39, 0.29) is 23.0 Å². The summed E-state index contributed by atoms with van der Waals surface area (Å²) in [6.07, 6.45) is 12.2.